The zero-order chi connectivity index (χ0) is 29.3. The molecule has 1 heterocycles. The van der Waals surface area contributed by atoms with Crippen molar-refractivity contribution in [2.75, 3.05) is 0 Å². The minimum Gasteiger partial charge on any atom is -0.424 e. The molecule has 0 saturated heterocycles. The molecule has 3 rings (SSSR count). The second kappa shape index (κ2) is 17.7. The van der Waals surface area contributed by atoms with Crippen LogP contribution in [0.3, 0.4) is 0 Å². The van der Waals surface area contributed by atoms with Gasteiger partial charge < -0.3 is 4.74 Å². The molecule has 4 heteroatoms. The highest BCUT2D eigenvalue weighted by molar-refractivity contribution is 5.83. The van der Waals surface area contributed by atoms with Crippen LogP contribution < -0.4 is 4.74 Å². The number of carbonyl (C=O) groups is 1. The van der Waals surface area contributed by atoms with Gasteiger partial charge in [0.25, 0.3) is 0 Å². The van der Waals surface area contributed by atoms with E-state index in [0.717, 1.165) is 41.6 Å². The number of benzene rings is 2. The van der Waals surface area contributed by atoms with E-state index in [-0.39, 0.29) is 6.42 Å². The van der Waals surface area contributed by atoms with E-state index in [2.05, 4.69) is 38.1 Å². The summed E-state index contributed by atoms with van der Waals surface area (Å²) in [4.78, 5) is 17.4. The molecule has 0 aliphatic rings. The predicted octanol–water partition coefficient (Wildman–Crippen LogP) is 11.1. The number of esters is 1. The lowest BCUT2D eigenvalue weighted by Crippen LogP contribution is -2.34. The lowest BCUT2D eigenvalue weighted by Gasteiger charge is -2.18. The molecule has 1 unspecified atom stereocenters. The van der Waals surface area contributed by atoms with Crippen molar-refractivity contribution in [2.45, 2.75) is 123 Å². The molecule has 0 saturated carbocycles. The number of halogens is 1. The first kappa shape index (κ1) is 32.5. The van der Waals surface area contributed by atoms with Gasteiger partial charge in [0.2, 0.25) is 5.67 Å². The van der Waals surface area contributed by atoms with E-state index < -0.39 is 11.6 Å². The quantitative estimate of drug-likeness (QED) is 0.0833. The molecule has 0 aliphatic carbocycles. The molecule has 0 fully saturated rings. The number of hydrogen-bond acceptors (Lipinski definition) is 3. The van der Waals surface area contributed by atoms with Crippen molar-refractivity contribution < 1.29 is 13.9 Å². The predicted molar refractivity (Wildman–Crippen MR) is 170 cm³/mol. The van der Waals surface area contributed by atoms with Crippen molar-refractivity contribution in [1.29, 1.82) is 0 Å². The number of hydrogen-bond donors (Lipinski definition) is 0. The van der Waals surface area contributed by atoms with Crippen LogP contribution in [0.5, 0.6) is 5.75 Å². The van der Waals surface area contributed by atoms with Gasteiger partial charge in [0.15, 0.2) is 0 Å². The summed E-state index contributed by atoms with van der Waals surface area (Å²) in [6.07, 6.45) is 18.6. The van der Waals surface area contributed by atoms with Crippen LogP contribution in [0.1, 0.15) is 116 Å². The molecule has 3 aromatic rings. The van der Waals surface area contributed by atoms with Gasteiger partial charge in [-0.05, 0) is 67.5 Å². The van der Waals surface area contributed by atoms with E-state index in [1.54, 1.807) is 12.1 Å². The molecular formula is C37H50FNO2. The number of aryl methyl sites for hydroxylation is 1. The van der Waals surface area contributed by atoms with Crippen molar-refractivity contribution in [1.82, 2.24) is 4.98 Å². The average Bonchev–Trinajstić information content (AvgIpc) is 2.99. The van der Waals surface area contributed by atoms with Gasteiger partial charge in [-0.15, -0.1) is 0 Å². The molecule has 0 N–H and O–H groups in total. The third kappa shape index (κ3) is 11.1. The number of ether oxygens (including phenoxy) is 1. The normalized spacial score (nSPS) is 12.7. The fourth-order valence-corrected chi connectivity index (χ4v) is 5.23. The summed E-state index contributed by atoms with van der Waals surface area (Å²) in [5.41, 5.74) is 3.31. The number of alkyl halides is 1. The van der Waals surface area contributed by atoms with E-state index in [0.29, 0.717) is 12.2 Å². The molecule has 0 radical (unpaired) electrons. The number of carbonyl (C=O) groups excluding carboxylic acids is 1. The summed E-state index contributed by atoms with van der Waals surface area (Å²) in [6, 6.07) is 19.8. The van der Waals surface area contributed by atoms with Gasteiger partial charge >= 0.3 is 5.97 Å². The Kier molecular flexibility index (Phi) is 14.1. The van der Waals surface area contributed by atoms with Gasteiger partial charge in [-0.25, -0.2) is 9.18 Å². The van der Waals surface area contributed by atoms with E-state index in [9.17, 15) is 4.79 Å². The summed E-state index contributed by atoms with van der Waals surface area (Å²) < 4.78 is 20.5. The molecule has 41 heavy (non-hydrogen) atoms. The van der Waals surface area contributed by atoms with Crippen LogP contribution in [-0.4, -0.2) is 16.6 Å². The molecular weight excluding hydrogens is 509 g/mol. The Hall–Kier alpha value is -3.01. The van der Waals surface area contributed by atoms with Crippen molar-refractivity contribution >= 4 is 5.97 Å². The number of nitrogens with zero attached hydrogens (tertiary/aromatic N) is 1. The smallest absolute Gasteiger partial charge is 0.348 e. The molecule has 0 amide bonds. The Morgan fingerprint density at radius 1 is 0.732 bits per heavy atom. The lowest BCUT2D eigenvalue weighted by atomic mass is 9.96. The summed E-state index contributed by atoms with van der Waals surface area (Å²) in [5, 5.41) is 0. The number of unbranched alkanes of at least 4 members (excludes halogenated alkanes) is 11. The van der Waals surface area contributed by atoms with Gasteiger partial charge in [0.05, 0.1) is 5.69 Å². The van der Waals surface area contributed by atoms with Gasteiger partial charge in [-0.2, -0.15) is 0 Å². The van der Waals surface area contributed by atoms with Gasteiger partial charge in [-0.1, -0.05) is 127 Å². The van der Waals surface area contributed by atoms with Crippen LogP contribution >= 0.6 is 0 Å². The van der Waals surface area contributed by atoms with Crippen molar-refractivity contribution in [3.05, 3.63) is 72.4 Å². The maximum Gasteiger partial charge on any atom is 0.348 e. The van der Waals surface area contributed by atoms with Crippen LogP contribution in [0.2, 0.25) is 0 Å². The van der Waals surface area contributed by atoms with Crippen LogP contribution in [0.15, 0.2) is 66.9 Å². The topological polar surface area (TPSA) is 39.2 Å². The van der Waals surface area contributed by atoms with E-state index in [1.807, 2.05) is 30.5 Å². The Morgan fingerprint density at radius 2 is 1.32 bits per heavy atom. The monoisotopic (exact) mass is 559 g/mol. The first-order valence-electron chi connectivity index (χ1n) is 16.0. The number of rotatable bonds is 19. The Labute approximate surface area is 248 Å². The van der Waals surface area contributed by atoms with Crippen LogP contribution in [0.25, 0.3) is 22.4 Å². The summed E-state index contributed by atoms with van der Waals surface area (Å²) >= 11 is 0. The minimum absolute atomic E-state index is 0.191. The molecule has 1 aromatic heterocycles. The molecule has 0 aliphatic heterocycles. The van der Waals surface area contributed by atoms with Gasteiger partial charge in [0.1, 0.15) is 5.75 Å². The van der Waals surface area contributed by atoms with E-state index in [1.165, 1.54) is 76.7 Å². The van der Waals surface area contributed by atoms with Gasteiger partial charge in [0, 0.05) is 11.8 Å². The molecule has 3 nitrogen and oxygen atoms in total. The highest BCUT2D eigenvalue weighted by Gasteiger charge is 2.34. The fraction of sp³-hybridized carbons (Fsp3) is 0.514. The van der Waals surface area contributed by atoms with Crippen LogP contribution in [0, 0.1) is 0 Å². The molecule has 0 bridgehead atoms. The van der Waals surface area contributed by atoms with E-state index in [4.69, 9.17) is 9.72 Å². The highest BCUT2D eigenvalue weighted by atomic mass is 19.1. The summed E-state index contributed by atoms with van der Waals surface area (Å²) in [5.74, 6) is -0.458. The Balaban J connectivity index is 1.54. The largest absolute Gasteiger partial charge is 0.424 e. The molecule has 1 atom stereocenters. The number of aromatic nitrogens is 1. The summed E-state index contributed by atoms with van der Waals surface area (Å²) in [6.45, 7) is 5.79. The maximum absolute atomic E-state index is 15.1. The van der Waals surface area contributed by atoms with Crippen LogP contribution in [0.4, 0.5) is 4.39 Å². The zero-order valence-corrected chi connectivity index (χ0v) is 25.6. The number of pyridine rings is 1. The molecule has 2 aromatic carbocycles. The summed E-state index contributed by atoms with van der Waals surface area (Å²) in [7, 11) is 0. The standard InChI is InChI=1S/C37H50FNO2/c1-4-6-8-10-11-12-14-18-28-37(3,38)36(40)41-32-25-23-31(24-26-32)33-20-16-17-21-34(33)35-27-22-30(29-39-35)19-15-13-9-7-5-2/h16-17,20-27,29H,4-15,18-19,28H2,1-3H3. The Bertz CT molecular complexity index is 1150. The van der Waals surface area contributed by atoms with Crippen molar-refractivity contribution in [3.8, 4) is 28.1 Å². The van der Waals surface area contributed by atoms with Crippen molar-refractivity contribution in [2.24, 2.45) is 0 Å². The van der Waals surface area contributed by atoms with Crippen LogP contribution in [-0.2, 0) is 11.2 Å². The maximum atomic E-state index is 15.1. The third-order valence-electron chi connectivity index (χ3n) is 7.90. The Morgan fingerprint density at radius 3 is 1.93 bits per heavy atom. The minimum atomic E-state index is -1.99. The SMILES string of the molecule is CCCCCCCCCCC(C)(F)C(=O)Oc1ccc(-c2ccccc2-c2ccc(CCCCCCC)cn2)cc1. The van der Waals surface area contributed by atoms with Gasteiger partial charge in [-0.3, -0.25) is 4.98 Å². The average molecular weight is 560 g/mol. The molecule has 222 valence electrons. The molecule has 0 spiro atoms. The first-order chi connectivity index (χ1) is 19.9. The van der Waals surface area contributed by atoms with E-state index >= 15 is 4.39 Å². The zero-order valence-electron chi connectivity index (χ0n) is 25.6. The highest BCUT2D eigenvalue weighted by Crippen LogP contribution is 2.32. The fourth-order valence-electron chi connectivity index (χ4n) is 5.23. The third-order valence-corrected chi connectivity index (χ3v) is 7.90. The second-order valence-corrected chi connectivity index (χ2v) is 11.6. The first-order valence-corrected chi connectivity index (χ1v) is 16.0. The lowest BCUT2D eigenvalue weighted by molar-refractivity contribution is -0.147. The second-order valence-electron chi connectivity index (χ2n) is 11.6. The van der Waals surface area contributed by atoms with Crippen molar-refractivity contribution in [3.63, 3.8) is 0 Å².